The Labute approximate surface area is 99.5 Å². The van der Waals surface area contributed by atoms with Gasteiger partial charge < -0.3 is 14.3 Å². The summed E-state index contributed by atoms with van der Waals surface area (Å²) in [5.74, 6) is 0.217. The molecule has 96 valence electrons. The number of hydrogen-bond acceptors (Lipinski definition) is 3. The van der Waals surface area contributed by atoms with Crippen LogP contribution >= 0.6 is 0 Å². The Morgan fingerprint density at radius 3 is 2.06 bits per heavy atom. The van der Waals surface area contributed by atoms with Crippen molar-refractivity contribution < 1.29 is 14.3 Å². The van der Waals surface area contributed by atoms with Crippen molar-refractivity contribution in [3.63, 3.8) is 0 Å². The maximum absolute atomic E-state index is 10.9. The molecule has 0 spiro atoms. The van der Waals surface area contributed by atoms with Crippen molar-refractivity contribution in [3.05, 3.63) is 0 Å². The van der Waals surface area contributed by atoms with Gasteiger partial charge in [-0.05, 0) is 47.5 Å². The Kier molecular flexibility index (Phi) is 6.19. The molecule has 0 heterocycles. The molecule has 3 nitrogen and oxygen atoms in total. The molecule has 0 radical (unpaired) electrons. The molecule has 0 aromatic rings. The minimum atomic E-state index is -0.227. The highest BCUT2D eigenvalue weighted by Crippen LogP contribution is 2.20. The number of Topliss-reactive ketones (excluding diaryl/α,β-unsaturated/α-hetero) is 1. The minimum absolute atomic E-state index is 0.142. The quantitative estimate of drug-likeness (QED) is 0.643. The monoisotopic (exact) mass is 230 g/mol. The largest absolute Gasteiger partial charge is 0.379 e. The van der Waals surface area contributed by atoms with Crippen LogP contribution in [0.1, 0.15) is 53.9 Å². The van der Waals surface area contributed by atoms with Crippen LogP contribution in [0.2, 0.25) is 0 Å². The van der Waals surface area contributed by atoms with Crippen LogP contribution in [-0.2, 0) is 14.3 Å². The first kappa shape index (κ1) is 15.6. The van der Waals surface area contributed by atoms with E-state index in [2.05, 4.69) is 0 Å². The van der Waals surface area contributed by atoms with E-state index in [0.717, 1.165) is 12.8 Å². The lowest BCUT2D eigenvalue weighted by molar-refractivity contribution is -0.119. The SMILES string of the molecule is COC(C)(C)CCOC(C)(C)CCC(C)=O. The van der Waals surface area contributed by atoms with Crippen molar-refractivity contribution in [2.45, 2.75) is 65.1 Å². The lowest BCUT2D eigenvalue weighted by Gasteiger charge is -2.28. The molecule has 0 aromatic carbocycles. The molecule has 0 N–H and O–H groups in total. The van der Waals surface area contributed by atoms with Crippen molar-refractivity contribution in [1.82, 2.24) is 0 Å². The van der Waals surface area contributed by atoms with Crippen molar-refractivity contribution in [1.29, 1.82) is 0 Å². The van der Waals surface area contributed by atoms with Gasteiger partial charge in [-0.2, -0.15) is 0 Å². The first-order valence-corrected chi connectivity index (χ1v) is 5.87. The van der Waals surface area contributed by atoms with E-state index in [1.54, 1.807) is 14.0 Å². The van der Waals surface area contributed by atoms with Crippen LogP contribution in [0, 0.1) is 0 Å². The van der Waals surface area contributed by atoms with Gasteiger partial charge in [0.2, 0.25) is 0 Å². The van der Waals surface area contributed by atoms with Gasteiger partial charge >= 0.3 is 0 Å². The van der Waals surface area contributed by atoms with E-state index in [-0.39, 0.29) is 17.0 Å². The number of carbonyl (C=O) groups excluding carboxylic acids is 1. The van der Waals surface area contributed by atoms with Crippen LogP contribution in [0.15, 0.2) is 0 Å². The van der Waals surface area contributed by atoms with Gasteiger partial charge in [0.15, 0.2) is 0 Å². The van der Waals surface area contributed by atoms with E-state index in [9.17, 15) is 4.79 Å². The average Bonchev–Trinajstić information content (AvgIpc) is 2.14. The maximum Gasteiger partial charge on any atom is 0.129 e. The molecule has 0 fully saturated rings. The van der Waals surface area contributed by atoms with E-state index in [1.165, 1.54) is 0 Å². The van der Waals surface area contributed by atoms with E-state index in [4.69, 9.17) is 9.47 Å². The van der Waals surface area contributed by atoms with Crippen molar-refractivity contribution in [3.8, 4) is 0 Å². The Morgan fingerprint density at radius 1 is 1.06 bits per heavy atom. The summed E-state index contributed by atoms with van der Waals surface area (Å²) >= 11 is 0. The van der Waals surface area contributed by atoms with Crippen LogP contribution in [-0.4, -0.2) is 30.7 Å². The predicted octanol–water partition coefficient (Wildman–Crippen LogP) is 2.97. The van der Waals surface area contributed by atoms with E-state index >= 15 is 0 Å². The number of rotatable bonds is 8. The molecule has 0 bridgehead atoms. The third-order valence-electron chi connectivity index (χ3n) is 2.83. The van der Waals surface area contributed by atoms with Crippen molar-refractivity contribution in [2.24, 2.45) is 0 Å². The third-order valence-corrected chi connectivity index (χ3v) is 2.83. The molecular weight excluding hydrogens is 204 g/mol. The first-order chi connectivity index (χ1) is 7.18. The summed E-state index contributed by atoms with van der Waals surface area (Å²) in [6, 6.07) is 0. The molecule has 0 atom stereocenters. The summed E-state index contributed by atoms with van der Waals surface area (Å²) in [5, 5.41) is 0. The third kappa shape index (κ3) is 7.83. The zero-order chi connectivity index (χ0) is 12.8. The van der Waals surface area contributed by atoms with Crippen LogP contribution < -0.4 is 0 Å². The minimum Gasteiger partial charge on any atom is -0.379 e. The second kappa shape index (κ2) is 6.36. The summed E-state index contributed by atoms with van der Waals surface area (Å²) in [5.41, 5.74) is -0.369. The lowest BCUT2D eigenvalue weighted by atomic mass is 10.0. The van der Waals surface area contributed by atoms with Gasteiger partial charge in [0.05, 0.1) is 17.8 Å². The Balaban J connectivity index is 3.86. The van der Waals surface area contributed by atoms with E-state index < -0.39 is 0 Å². The Bertz CT molecular complexity index is 219. The number of carbonyl (C=O) groups is 1. The molecule has 0 aliphatic carbocycles. The van der Waals surface area contributed by atoms with Crippen molar-refractivity contribution in [2.75, 3.05) is 13.7 Å². The summed E-state index contributed by atoms with van der Waals surface area (Å²) in [6.07, 6.45) is 2.21. The zero-order valence-electron chi connectivity index (χ0n) is 11.6. The highest BCUT2D eigenvalue weighted by Gasteiger charge is 2.22. The van der Waals surface area contributed by atoms with Gasteiger partial charge in [-0.3, -0.25) is 0 Å². The summed E-state index contributed by atoms with van der Waals surface area (Å²) in [7, 11) is 1.71. The van der Waals surface area contributed by atoms with Crippen LogP contribution in [0.25, 0.3) is 0 Å². The fraction of sp³-hybridized carbons (Fsp3) is 0.923. The van der Waals surface area contributed by atoms with Crippen LogP contribution in [0.3, 0.4) is 0 Å². The molecule has 0 aliphatic heterocycles. The van der Waals surface area contributed by atoms with Gasteiger partial charge in [-0.1, -0.05) is 0 Å². The first-order valence-electron chi connectivity index (χ1n) is 5.87. The standard InChI is InChI=1S/C13H26O3/c1-11(14)7-8-13(4,5)16-10-9-12(2,3)15-6/h7-10H2,1-6H3. The molecule has 16 heavy (non-hydrogen) atoms. The Hall–Kier alpha value is -0.410. The molecule has 0 saturated carbocycles. The van der Waals surface area contributed by atoms with Gasteiger partial charge in [-0.15, -0.1) is 0 Å². The summed E-state index contributed by atoms with van der Waals surface area (Å²) in [6.45, 7) is 10.4. The van der Waals surface area contributed by atoms with E-state index in [1.807, 2.05) is 27.7 Å². The molecule has 0 unspecified atom stereocenters. The molecule has 0 rings (SSSR count). The number of ketones is 1. The second-order valence-corrected chi connectivity index (χ2v) is 5.52. The van der Waals surface area contributed by atoms with Gasteiger partial charge in [-0.25, -0.2) is 0 Å². The fourth-order valence-corrected chi connectivity index (χ4v) is 1.22. The second-order valence-electron chi connectivity index (χ2n) is 5.52. The fourth-order valence-electron chi connectivity index (χ4n) is 1.22. The number of methoxy groups -OCH3 is 1. The van der Waals surface area contributed by atoms with Gasteiger partial charge in [0.1, 0.15) is 5.78 Å². The molecule has 0 saturated heterocycles. The molecule has 0 aliphatic rings. The lowest BCUT2D eigenvalue weighted by Crippen LogP contribution is -2.30. The molecular formula is C13H26O3. The Morgan fingerprint density at radius 2 is 1.62 bits per heavy atom. The smallest absolute Gasteiger partial charge is 0.129 e. The van der Waals surface area contributed by atoms with Gasteiger partial charge in [0, 0.05) is 13.5 Å². The normalized spacial score (nSPS) is 12.9. The van der Waals surface area contributed by atoms with Crippen molar-refractivity contribution >= 4 is 5.78 Å². The summed E-state index contributed by atoms with van der Waals surface area (Å²) < 4.78 is 11.1. The number of ether oxygens (including phenoxy) is 2. The van der Waals surface area contributed by atoms with Crippen LogP contribution in [0.5, 0.6) is 0 Å². The zero-order valence-corrected chi connectivity index (χ0v) is 11.6. The number of hydrogen-bond donors (Lipinski definition) is 0. The maximum atomic E-state index is 10.9. The summed E-state index contributed by atoms with van der Waals surface area (Å²) in [4.78, 5) is 10.9. The topological polar surface area (TPSA) is 35.5 Å². The highest BCUT2D eigenvalue weighted by atomic mass is 16.5. The predicted molar refractivity (Wildman–Crippen MR) is 65.7 cm³/mol. The molecule has 0 amide bonds. The average molecular weight is 230 g/mol. The molecule has 3 heteroatoms. The highest BCUT2D eigenvalue weighted by molar-refractivity contribution is 5.75. The molecule has 0 aromatic heterocycles. The van der Waals surface area contributed by atoms with E-state index in [0.29, 0.717) is 13.0 Å². The van der Waals surface area contributed by atoms with Gasteiger partial charge in [0.25, 0.3) is 0 Å². The van der Waals surface area contributed by atoms with Crippen LogP contribution in [0.4, 0.5) is 0 Å².